The van der Waals surface area contributed by atoms with Gasteiger partial charge in [0.1, 0.15) is 16.7 Å². The van der Waals surface area contributed by atoms with Gasteiger partial charge in [-0.3, -0.25) is 4.79 Å². The molecule has 0 amide bonds. The fourth-order valence-corrected chi connectivity index (χ4v) is 1.52. The summed E-state index contributed by atoms with van der Waals surface area (Å²) in [6.45, 7) is 1.41. The number of aromatic nitrogens is 2. The van der Waals surface area contributed by atoms with Gasteiger partial charge >= 0.3 is 0 Å². The summed E-state index contributed by atoms with van der Waals surface area (Å²) in [4.78, 5) is 19.0. The molecule has 0 saturated heterocycles. The van der Waals surface area contributed by atoms with Gasteiger partial charge in [-0.1, -0.05) is 17.7 Å². The summed E-state index contributed by atoms with van der Waals surface area (Å²) in [7, 11) is 0. The molecule has 2 aromatic heterocycles. The number of halogens is 2. The van der Waals surface area contributed by atoms with Crippen LogP contribution in [0.5, 0.6) is 0 Å². The highest BCUT2D eigenvalue weighted by atomic mass is 35.5. The van der Waals surface area contributed by atoms with Crippen LogP contribution in [-0.2, 0) is 0 Å². The number of hydrogen-bond donors (Lipinski definition) is 0. The number of carbonyl (C=O) groups excluding carboxylic acids is 1. The van der Waals surface area contributed by atoms with Crippen LogP contribution in [0.3, 0.4) is 0 Å². The van der Waals surface area contributed by atoms with Gasteiger partial charge in [-0.2, -0.15) is 0 Å². The van der Waals surface area contributed by atoms with Crippen LogP contribution in [0.25, 0.3) is 11.3 Å². The minimum absolute atomic E-state index is 0.0778. The van der Waals surface area contributed by atoms with Crippen molar-refractivity contribution in [3.63, 3.8) is 0 Å². The summed E-state index contributed by atoms with van der Waals surface area (Å²) in [6, 6.07) is 5.94. The lowest BCUT2D eigenvalue weighted by molar-refractivity contribution is 0.101. The van der Waals surface area contributed by atoms with E-state index in [1.54, 1.807) is 18.2 Å². The van der Waals surface area contributed by atoms with Gasteiger partial charge in [0.15, 0.2) is 5.78 Å². The van der Waals surface area contributed by atoms with E-state index in [1.165, 1.54) is 13.1 Å². The predicted molar refractivity (Wildman–Crippen MR) is 62.4 cm³/mol. The van der Waals surface area contributed by atoms with Crippen LogP contribution in [0, 0.1) is 5.82 Å². The number of hydrogen-bond acceptors (Lipinski definition) is 3. The topological polar surface area (TPSA) is 42.9 Å². The first-order chi connectivity index (χ1) is 8.08. The molecule has 5 heteroatoms. The van der Waals surface area contributed by atoms with Crippen molar-refractivity contribution in [2.45, 2.75) is 6.92 Å². The predicted octanol–water partition coefficient (Wildman–Crippen LogP) is 3.14. The first-order valence-corrected chi connectivity index (χ1v) is 5.25. The Hall–Kier alpha value is -1.81. The zero-order valence-electron chi connectivity index (χ0n) is 8.95. The quantitative estimate of drug-likeness (QED) is 0.607. The molecule has 0 aliphatic heterocycles. The molecule has 2 aromatic rings. The Labute approximate surface area is 102 Å². The van der Waals surface area contributed by atoms with Gasteiger partial charge in [-0.25, -0.2) is 14.4 Å². The van der Waals surface area contributed by atoms with E-state index in [4.69, 9.17) is 11.6 Å². The molecular formula is C12H8ClFN2O. The highest BCUT2D eigenvalue weighted by Gasteiger charge is 2.09. The van der Waals surface area contributed by atoms with Gasteiger partial charge in [0, 0.05) is 19.2 Å². The van der Waals surface area contributed by atoms with Crippen LogP contribution in [-0.4, -0.2) is 15.8 Å². The summed E-state index contributed by atoms with van der Waals surface area (Å²) < 4.78 is 13.6. The van der Waals surface area contributed by atoms with Crippen molar-refractivity contribution >= 4 is 17.4 Å². The number of nitrogens with zero attached hydrogens (tertiary/aromatic N) is 2. The summed E-state index contributed by atoms with van der Waals surface area (Å²) >= 11 is 5.56. The van der Waals surface area contributed by atoms with Crippen molar-refractivity contribution < 1.29 is 9.18 Å². The van der Waals surface area contributed by atoms with Gasteiger partial charge in [-0.15, -0.1) is 0 Å². The van der Waals surface area contributed by atoms with Crippen molar-refractivity contribution in [2.24, 2.45) is 0 Å². The normalized spacial score (nSPS) is 10.3. The smallest absolute Gasteiger partial charge is 0.178 e. The lowest BCUT2D eigenvalue weighted by Crippen LogP contribution is -1.98. The van der Waals surface area contributed by atoms with E-state index in [0.717, 1.165) is 6.07 Å². The largest absolute Gasteiger partial charge is 0.293 e. The number of ketones is 1. The van der Waals surface area contributed by atoms with Crippen LogP contribution < -0.4 is 0 Å². The molecule has 0 spiro atoms. The van der Waals surface area contributed by atoms with Crippen LogP contribution >= 0.6 is 11.6 Å². The molecule has 0 aliphatic carbocycles. The fourth-order valence-electron chi connectivity index (χ4n) is 1.38. The zero-order valence-corrected chi connectivity index (χ0v) is 9.70. The van der Waals surface area contributed by atoms with E-state index in [2.05, 4.69) is 9.97 Å². The Balaban J connectivity index is 2.53. The Kier molecular flexibility index (Phi) is 3.15. The number of rotatable bonds is 2. The summed E-state index contributed by atoms with van der Waals surface area (Å²) in [5.41, 5.74) is 0.869. The van der Waals surface area contributed by atoms with Crippen LogP contribution in [0.4, 0.5) is 4.39 Å². The zero-order chi connectivity index (χ0) is 12.4. The van der Waals surface area contributed by atoms with Crippen molar-refractivity contribution in [3.8, 4) is 11.3 Å². The minimum Gasteiger partial charge on any atom is -0.293 e. The summed E-state index contributed by atoms with van der Waals surface area (Å²) in [6.07, 6.45) is 1.30. The van der Waals surface area contributed by atoms with E-state index in [9.17, 15) is 9.18 Å². The van der Waals surface area contributed by atoms with E-state index >= 15 is 0 Å². The number of Topliss-reactive ketones (excluding diaryl/α,β-unsaturated/α-hetero) is 1. The Morgan fingerprint density at radius 3 is 2.82 bits per heavy atom. The van der Waals surface area contributed by atoms with Gasteiger partial charge < -0.3 is 0 Å². The third-order valence-electron chi connectivity index (χ3n) is 2.21. The minimum atomic E-state index is -0.516. The van der Waals surface area contributed by atoms with Gasteiger partial charge in [0.2, 0.25) is 0 Å². The molecule has 3 nitrogen and oxygen atoms in total. The van der Waals surface area contributed by atoms with Crippen LogP contribution in [0.2, 0.25) is 5.15 Å². The molecule has 0 N–H and O–H groups in total. The van der Waals surface area contributed by atoms with E-state index in [-0.39, 0.29) is 22.2 Å². The highest BCUT2D eigenvalue weighted by Crippen LogP contribution is 2.22. The van der Waals surface area contributed by atoms with E-state index in [1.807, 2.05) is 0 Å². The fraction of sp³-hybridized carbons (Fsp3) is 0.0833. The number of carbonyl (C=O) groups is 1. The SMILES string of the molecule is CC(=O)c1cccc(-c2cnc(Cl)cc2F)n1. The second-order valence-electron chi connectivity index (χ2n) is 3.45. The van der Waals surface area contributed by atoms with E-state index < -0.39 is 5.82 Å². The molecule has 0 fully saturated rings. The molecule has 17 heavy (non-hydrogen) atoms. The number of pyridine rings is 2. The average molecular weight is 251 g/mol. The van der Waals surface area contributed by atoms with E-state index in [0.29, 0.717) is 5.69 Å². The molecule has 0 atom stereocenters. The Morgan fingerprint density at radius 2 is 2.18 bits per heavy atom. The first-order valence-electron chi connectivity index (χ1n) is 4.87. The molecule has 0 saturated carbocycles. The average Bonchev–Trinajstić information content (AvgIpc) is 2.29. The molecule has 2 rings (SSSR count). The third kappa shape index (κ3) is 2.47. The molecular weight excluding hydrogens is 243 g/mol. The maximum absolute atomic E-state index is 13.6. The molecule has 2 heterocycles. The standard InChI is InChI=1S/C12H8ClFN2O/c1-7(17)10-3-2-4-11(16-10)8-6-15-12(13)5-9(8)14/h2-6H,1H3. The van der Waals surface area contributed by atoms with Crippen molar-refractivity contribution in [2.75, 3.05) is 0 Å². The van der Waals surface area contributed by atoms with Crippen LogP contribution in [0.1, 0.15) is 17.4 Å². The monoisotopic (exact) mass is 250 g/mol. The maximum Gasteiger partial charge on any atom is 0.178 e. The van der Waals surface area contributed by atoms with Crippen molar-refractivity contribution in [1.29, 1.82) is 0 Å². The van der Waals surface area contributed by atoms with Crippen molar-refractivity contribution in [3.05, 3.63) is 47.1 Å². The van der Waals surface area contributed by atoms with Gasteiger partial charge in [0.05, 0.1) is 11.3 Å². The third-order valence-corrected chi connectivity index (χ3v) is 2.41. The molecule has 0 bridgehead atoms. The molecule has 0 aromatic carbocycles. The Morgan fingerprint density at radius 1 is 1.41 bits per heavy atom. The van der Waals surface area contributed by atoms with Gasteiger partial charge in [-0.05, 0) is 12.1 Å². The maximum atomic E-state index is 13.6. The van der Waals surface area contributed by atoms with Gasteiger partial charge in [0.25, 0.3) is 0 Å². The molecule has 86 valence electrons. The summed E-state index contributed by atoms with van der Waals surface area (Å²) in [5.74, 6) is -0.688. The second kappa shape index (κ2) is 4.59. The highest BCUT2D eigenvalue weighted by molar-refractivity contribution is 6.29. The van der Waals surface area contributed by atoms with Crippen molar-refractivity contribution in [1.82, 2.24) is 9.97 Å². The molecule has 0 radical (unpaired) electrons. The Bertz CT molecular complexity index is 586. The molecule has 0 aliphatic rings. The lowest BCUT2D eigenvalue weighted by Gasteiger charge is -2.03. The molecule has 0 unspecified atom stereocenters. The summed E-state index contributed by atoms with van der Waals surface area (Å²) in [5, 5.41) is 0.0778. The lowest BCUT2D eigenvalue weighted by atomic mass is 10.1. The second-order valence-corrected chi connectivity index (χ2v) is 3.84. The van der Waals surface area contributed by atoms with Crippen LogP contribution in [0.15, 0.2) is 30.5 Å². The first kappa shape index (κ1) is 11.7.